The fourth-order valence-electron chi connectivity index (χ4n) is 3.25. The van der Waals surface area contributed by atoms with Crippen LogP contribution in [0.1, 0.15) is 31.2 Å². The van der Waals surface area contributed by atoms with Crippen LogP contribution in [-0.2, 0) is 9.53 Å². The molecule has 0 aliphatic heterocycles. The van der Waals surface area contributed by atoms with Crippen LogP contribution in [0.3, 0.4) is 0 Å². The summed E-state index contributed by atoms with van der Waals surface area (Å²) < 4.78 is 6.40. The van der Waals surface area contributed by atoms with E-state index >= 15 is 0 Å². The molecule has 9 heteroatoms. The van der Waals surface area contributed by atoms with Gasteiger partial charge >= 0.3 is 11.9 Å². The van der Waals surface area contributed by atoms with Gasteiger partial charge in [0.1, 0.15) is 12.3 Å². The minimum absolute atomic E-state index is 0.196. The van der Waals surface area contributed by atoms with Crippen LogP contribution in [0, 0.1) is 10.1 Å². The van der Waals surface area contributed by atoms with Crippen molar-refractivity contribution in [2.75, 3.05) is 12.4 Å². The predicted octanol–water partition coefficient (Wildman–Crippen LogP) is 3.86. The highest BCUT2D eigenvalue weighted by molar-refractivity contribution is 7.99. The van der Waals surface area contributed by atoms with Crippen molar-refractivity contribution in [3.63, 3.8) is 0 Å². The summed E-state index contributed by atoms with van der Waals surface area (Å²) >= 11 is 1.26. The Morgan fingerprint density at radius 3 is 2.68 bits per heavy atom. The number of carbonyl (C=O) groups excluding carboxylic acids is 1. The molecule has 0 saturated heterocycles. The third kappa shape index (κ3) is 3.57. The molecule has 1 saturated carbocycles. The number of rotatable bonds is 7. The molecule has 1 aliphatic carbocycles. The van der Waals surface area contributed by atoms with Crippen LogP contribution in [0.4, 0.5) is 5.95 Å². The van der Waals surface area contributed by atoms with E-state index in [2.05, 4.69) is 16.3 Å². The van der Waals surface area contributed by atoms with Crippen molar-refractivity contribution in [2.45, 2.75) is 30.8 Å². The number of carbonyl (C=O) groups is 1. The van der Waals surface area contributed by atoms with Crippen molar-refractivity contribution in [2.24, 2.45) is 0 Å². The molecular weight excluding hydrogens is 380 g/mol. The van der Waals surface area contributed by atoms with E-state index in [0.717, 1.165) is 10.8 Å². The number of nitro groups is 1. The van der Waals surface area contributed by atoms with Crippen LogP contribution in [0.25, 0.3) is 16.5 Å². The number of thioether (sulfide) groups is 1. The first-order valence-corrected chi connectivity index (χ1v) is 9.93. The Labute approximate surface area is 165 Å². The Morgan fingerprint density at radius 1 is 1.25 bits per heavy atom. The maximum atomic E-state index is 11.6. The number of fused-ring (bicyclic) bond motifs is 1. The van der Waals surface area contributed by atoms with Crippen LogP contribution in [0.2, 0.25) is 0 Å². The third-order valence-electron chi connectivity index (χ3n) is 4.59. The summed E-state index contributed by atoms with van der Waals surface area (Å²) in [6.45, 7) is 1.54. The molecule has 0 radical (unpaired) electrons. The van der Waals surface area contributed by atoms with Crippen LogP contribution < -0.4 is 0 Å². The Kier molecular flexibility index (Phi) is 4.99. The molecule has 28 heavy (non-hydrogen) atoms. The normalized spacial score (nSPS) is 13.6. The Bertz CT molecular complexity index is 1060. The van der Waals surface area contributed by atoms with Gasteiger partial charge in [-0.15, -0.1) is 0 Å². The Hall–Kier alpha value is -2.94. The molecule has 1 heterocycles. The number of ether oxygens (including phenoxy) is 1. The quantitative estimate of drug-likeness (QED) is 0.196. The van der Waals surface area contributed by atoms with Gasteiger partial charge in [-0.25, -0.2) is 0 Å². The van der Waals surface area contributed by atoms with E-state index in [1.165, 1.54) is 41.7 Å². The SMILES string of the molecule is CC(=O)OCCSc1nnc([N+](=O)[O-])n1-c1ccc(C2CC2)c2ccccc12. The molecule has 8 nitrogen and oxygen atoms in total. The van der Waals surface area contributed by atoms with Gasteiger partial charge < -0.3 is 14.9 Å². The standard InChI is InChI=1S/C19H18N4O4S/c1-12(24)27-10-11-28-19-21-20-18(23(25)26)22(19)17-9-8-14(13-6-7-13)15-4-2-3-5-16(15)17/h2-5,8-9,13H,6-7,10-11H2,1H3. The molecule has 2 aromatic carbocycles. The first-order valence-electron chi connectivity index (χ1n) is 8.94. The number of esters is 1. The van der Waals surface area contributed by atoms with Crippen LogP contribution >= 0.6 is 11.8 Å². The second kappa shape index (κ2) is 7.59. The molecule has 4 rings (SSSR count). The topological polar surface area (TPSA) is 100 Å². The van der Waals surface area contributed by atoms with E-state index in [4.69, 9.17) is 4.74 Å². The zero-order valence-corrected chi connectivity index (χ0v) is 16.0. The van der Waals surface area contributed by atoms with Crippen molar-refractivity contribution < 1.29 is 14.5 Å². The second-order valence-corrected chi connectivity index (χ2v) is 7.62. The molecule has 3 aromatic rings. The zero-order chi connectivity index (χ0) is 19.7. The number of nitrogens with zero attached hydrogens (tertiary/aromatic N) is 4. The lowest BCUT2D eigenvalue weighted by molar-refractivity contribution is -0.396. The molecule has 144 valence electrons. The maximum Gasteiger partial charge on any atom is 0.464 e. The van der Waals surface area contributed by atoms with Crippen molar-refractivity contribution in [3.8, 4) is 5.69 Å². The number of hydrogen-bond acceptors (Lipinski definition) is 7. The molecule has 1 aromatic heterocycles. The summed E-state index contributed by atoms with van der Waals surface area (Å²) in [7, 11) is 0. The van der Waals surface area contributed by atoms with E-state index in [-0.39, 0.29) is 18.5 Å². The van der Waals surface area contributed by atoms with Gasteiger partial charge in [-0.05, 0) is 45.8 Å². The van der Waals surface area contributed by atoms with Gasteiger partial charge in [0, 0.05) is 18.1 Å². The monoisotopic (exact) mass is 398 g/mol. The fraction of sp³-hybridized carbons (Fsp3) is 0.316. The first kappa shape index (κ1) is 18.4. The molecule has 1 fully saturated rings. The second-order valence-electron chi connectivity index (χ2n) is 6.56. The molecule has 0 atom stereocenters. The molecule has 0 amide bonds. The van der Waals surface area contributed by atoms with Gasteiger partial charge in [0.15, 0.2) is 0 Å². The highest BCUT2D eigenvalue weighted by Crippen LogP contribution is 2.44. The minimum atomic E-state index is -0.535. The first-order chi connectivity index (χ1) is 13.6. The summed E-state index contributed by atoms with van der Waals surface area (Å²) in [5, 5.41) is 21.7. The molecule has 1 aliphatic rings. The van der Waals surface area contributed by atoms with Crippen LogP contribution in [0.15, 0.2) is 41.6 Å². The van der Waals surface area contributed by atoms with E-state index in [1.807, 2.05) is 30.3 Å². The van der Waals surface area contributed by atoms with Crippen LogP contribution in [-0.4, -0.2) is 38.0 Å². The minimum Gasteiger partial charge on any atom is -0.465 e. The maximum absolute atomic E-state index is 11.6. The lowest BCUT2D eigenvalue weighted by Gasteiger charge is -2.11. The summed E-state index contributed by atoms with van der Waals surface area (Å²) in [6.07, 6.45) is 2.35. The van der Waals surface area contributed by atoms with Gasteiger partial charge in [0.25, 0.3) is 5.16 Å². The van der Waals surface area contributed by atoms with Crippen LogP contribution in [0.5, 0.6) is 0 Å². The summed E-state index contributed by atoms with van der Waals surface area (Å²) in [4.78, 5) is 21.9. The van der Waals surface area contributed by atoms with Crippen molar-refractivity contribution in [1.29, 1.82) is 0 Å². The molecule has 0 unspecified atom stereocenters. The highest BCUT2D eigenvalue weighted by atomic mass is 32.2. The summed E-state index contributed by atoms with van der Waals surface area (Å²) in [5.74, 6) is 0.287. The number of benzene rings is 2. The molecule has 0 spiro atoms. The predicted molar refractivity (Wildman–Crippen MR) is 105 cm³/mol. The third-order valence-corrected chi connectivity index (χ3v) is 5.49. The Morgan fingerprint density at radius 2 is 2.00 bits per heavy atom. The lowest BCUT2D eigenvalue weighted by Crippen LogP contribution is -2.06. The number of aromatic nitrogens is 3. The average molecular weight is 398 g/mol. The van der Waals surface area contributed by atoms with Gasteiger partial charge in [-0.2, -0.15) is 4.57 Å². The summed E-state index contributed by atoms with van der Waals surface area (Å²) in [5.41, 5.74) is 1.95. The number of hydrogen-bond donors (Lipinski definition) is 0. The highest BCUT2D eigenvalue weighted by Gasteiger charge is 2.29. The summed E-state index contributed by atoms with van der Waals surface area (Å²) in [6, 6.07) is 11.9. The zero-order valence-electron chi connectivity index (χ0n) is 15.2. The van der Waals surface area contributed by atoms with Gasteiger partial charge in [0.05, 0.1) is 5.10 Å². The Balaban J connectivity index is 1.77. The van der Waals surface area contributed by atoms with Gasteiger partial charge in [0.2, 0.25) is 0 Å². The lowest BCUT2D eigenvalue weighted by atomic mass is 9.99. The van der Waals surface area contributed by atoms with Crippen molar-refractivity contribution in [1.82, 2.24) is 14.8 Å². The van der Waals surface area contributed by atoms with E-state index in [0.29, 0.717) is 22.5 Å². The van der Waals surface area contributed by atoms with E-state index in [9.17, 15) is 14.9 Å². The van der Waals surface area contributed by atoms with Gasteiger partial charge in [-0.1, -0.05) is 42.1 Å². The van der Waals surface area contributed by atoms with E-state index in [1.54, 1.807) is 0 Å². The average Bonchev–Trinajstić information content (AvgIpc) is 3.43. The molecule has 0 N–H and O–H groups in total. The van der Waals surface area contributed by atoms with Crippen molar-refractivity contribution in [3.05, 3.63) is 52.1 Å². The fourth-order valence-corrected chi connectivity index (χ4v) is 4.01. The molecular formula is C19H18N4O4S. The van der Waals surface area contributed by atoms with Gasteiger partial charge in [-0.3, -0.25) is 4.79 Å². The van der Waals surface area contributed by atoms with E-state index < -0.39 is 4.92 Å². The largest absolute Gasteiger partial charge is 0.465 e. The van der Waals surface area contributed by atoms with Crippen molar-refractivity contribution >= 4 is 34.5 Å². The molecule has 0 bridgehead atoms. The smallest absolute Gasteiger partial charge is 0.464 e.